The Labute approximate surface area is 94.5 Å². The smallest absolute Gasteiger partial charge is 0.224 e. The first kappa shape index (κ1) is 17.2. The van der Waals surface area contributed by atoms with E-state index < -0.39 is 5.91 Å². The van der Waals surface area contributed by atoms with Gasteiger partial charge in [-0.15, -0.1) is 0 Å². The average Bonchev–Trinajstić information content (AvgIpc) is 2.21. The largest absolute Gasteiger partial charge is 0.338 e. The van der Waals surface area contributed by atoms with Crippen molar-refractivity contribution in [3.05, 3.63) is 0 Å². The summed E-state index contributed by atoms with van der Waals surface area (Å²) in [5.41, 5.74) is 5.67. The number of nitrogens with one attached hydrogen (secondary N) is 1. The van der Waals surface area contributed by atoms with Crippen molar-refractivity contribution in [1.82, 2.24) is 5.32 Å². The second kappa shape index (κ2) is 11.9. The fourth-order valence-corrected chi connectivity index (χ4v) is 0.984. The molecule has 94 valence electrons. The fourth-order valence-electron chi connectivity index (χ4n) is 0.984. The van der Waals surface area contributed by atoms with Gasteiger partial charge in [-0.2, -0.15) is 0 Å². The number of ether oxygens (including phenoxy) is 2. The van der Waals surface area contributed by atoms with E-state index in [0.717, 1.165) is 13.1 Å². The van der Waals surface area contributed by atoms with E-state index in [-0.39, 0.29) is 0 Å². The Morgan fingerprint density at radius 3 is 1.47 bits per heavy atom. The molecule has 0 heterocycles. The minimum absolute atomic E-state index is 0.588. The zero-order valence-electron chi connectivity index (χ0n) is 10.9. The van der Waals surface area contributed by atoms with Gasteiger partial charge < -0.3 is 14.8 Å². The van der Waals surface area contributed by atoms with E-state index in [4.69, 9.17) is 15.2 Å². The summed E-state index contributed by atoms with van der Waals surface area (Å²) in [6, 6.07) is 0. The van der Waals surface area contributed by atoms with Crippen molar-refractivity contribution in [2.24, 2.45) is 5.73 Å². The topological polar surface area (TPSA) is 56.5 Å². The van der Waals surface area contributed by atoms with Gasteiger partial charge in [-0.05, 0) is 26.9 Å². The van der Waals surface area contributed by atoms with Gasteiger partial charge in [-0.25, -0.2) is 0 Å². The van der Waals surface area contributed by atoms with Crippen molar-refractivity contribution >= 4 is 0 Å². The van der Waals surface area contributed by atoms with Crippen LogP contribution in [0.5, 0.6) is 0 Å². The van der Waals surface area contributed by atoms with Crippen LogP contribution >= 0.6 is 0 Å². The summed E-state index contributed by atoms with van der Waals surface area (Å²) >= 11 is 0. The van der Waals surface area contributed by atoms with Crippen LogP contribution < -0.4 is 11.1 Å². The zero-order chi connectivity index (χ0) is 12.2. The molecule has 0 atom stereocenters. The van der Waals surface area contributed by atoms with Crippen molar-refractivity contribution < 1.29 is 9.47 Å². The van der Waals surface area contributed by atoms with Crippen molar-refractivity contribution in [2.75, 3.05) is 26.3 Å². The fraction of sp³-hybridized carbons (Fsp3) is 1.00. The summed E-state index contributed by atoms with van der Waals surface area (Å²) in [6.45, 7) is 13.3. The van der Waals surface area contributed by atoms with Gasteiger partial charge in [0, 0.05) is 19.6 Å². The van der Waals surface area contributed by atoms with Crippen molar-refractivity contribution in [3.8, 4) is 0 Å². The molecule has 0 aromatic carbocycles. The molecule has 0 radical (unpaired) electrons. The Bertz CT molecular complexity index is 113. The highest BCUT2D eigenvalue weighted by Crippen LogP contribution is 2.09. The molecule has 0 amide bonds. The molecule has 0 aromatic heterocycles. The third kappa shape index (κ3) is 11.8. The van der Waals surface area contributed by atoms with Crippen LogP contribution in [0.15, 0.2) is 0 Å². The summed E-state index contributed by atoms with van der Waals surface area (Å²) in [5, 5.41) is 3.11. The zero-order valence-corrected chi connectivity index (χ0v) is 10.9. The highest BCUT2D eigenvalue weighted by atomic mass is 16.7. The van der Waals surface area contributed by atoms with Crippen LogP contribution in [0.1, 0.15) is 41.0 Å². The summed E-state index contributed by atoms with van der Waals surface area (Å²) in [7, 11) is 0. The third-order valence-electron chi connectivity index (χ3n) is 1.77. The maximum Gasteiger partial charge on any atom is 0.224 e. The SMILES string of the molecule is CCNCC.CCOC(N)(CC)OCC. The molecule has 15 heavy (non-hydrogen) atoms. The van der Waals surface area contributed by atoms with Crippen LogP contribution in [-0.4, -0.2) is 32.2 Å². The molecule has 0 aliphatic carbocycles. The van der Waals surface area contributed by atoms with Gasteiger partial charge in [0.15, 0.2) is 0 Å². The van der Waals surface area contributed by atoms with Crippen LogP contribution in [0.2, 0.25) is 0 Å². The van der Waals surface area contributed by atoms with E-state index in [1.54, 1.807) is 0 Å². The minimum Gasteiger partial charge on any atom is -0.338 e. The summed E-state index contributed by atoms with van der Waals surface area (Å²) in [5.74, 6) is -0.858. The molecule has 4 heteroatoms. The van der Waals surface area contributed by atoms with Gasteiger partial charge in [0.1, 0.15) is 0 Å². The molecule has 0 rings (SSSR count). The Hall–Kier alpha value is -0.160. The molecule has 0 aliphatic rings. The second-order valence-corrected chi connectivity index (χ2v) is 2.99. The molecule has 0 spiro atoms. The highest BCUT2D eigenvalue weighted by Gasteiger charge is 2.22. The van der Waals surface area contributed by atoms with E-state index in [1.807, 2.05) is 20.8 Å². The Kier molecular flexibility index (Phi) is 13.7. The first-order valence-corrected chi connectivity index (χ1v) is 5.87. The maximum atomic E-state index is 5.67. The van der Waals surface area contributed by atoms with E-state index in [0.29, 0.717) is 19.6 Å². The predicted molar refractivity (Wildman–Crippen MR) is 64.7 cm³/mol. The molecule has 0 saturated carbocycles. The van der Waals surface area contributed by atoms with Gasteiger partial charge >= 0.3 is 0 Å². The Morgan fingerprint density at radius 2 is 1.33 bits per heavy atom. The number of hydrogen-bond donors (Lipinski definition) is 2. The summed E-state index contributed by atoms with van der Waals surface area (Å²) < 4.78 is 10.3. The van der Waals surface area contributed by atoms with Crippen LogP contribution in [0, 0.1) is 0 Å². The van der Waals surface area contributed by atoms with E-state index in [1.165, 1.54) is 0 Å². The Balaban J connectivity index is 0. The van der Waals surface area contributed by atoms with Crippen LogP contribution in [0.4, 0.5) is 0 Å². The van der Waals surface area contributed by atoms with Crippen molar-refractivity contribution in [3.63, 3.8) is 0 Å². The van der Waals surface area contributed by atoms with Crippen molar-refractivity contribution in [2.45, 2.75) is 47.0 Å². The minimum atomic E-state index is -0.858. The molecule has 3 N–H and O–H groups in total. The van der Waals surface area contributed by atoms with Gasteiger partial charge in [0.05, 0.1) is 0 Å². The molecule has 0 aliphatic heterocycles. The van der Waals surface area contributed by atoms with Gasteiger partial charge in [-0.3, -0.25) is 5.73 Å². The monoisotopic (exact) mass is 220 g/mol. The van der Waals surface area contributed by atoms with E-state index in [2.05, 4.69) is 19.2 Å². The quantitative estimate of drug-likeness (QED) is 0.641. The maximum absolute atomic E-state index is 5.67. The summed E-state index contributed by atoms with van der Waals surface area (Å²) in [6.07, 6.45) is 0.675. The van der Waals surface area contributed by atoms with Gasteiger partial charge in [-0.1, -0.05) is 20.8 Å². The number of rotatable bonds is 7. The van der Waals surface area contributed by atoms with Crippen LogP contribution in [-0.2, 0) is 9.47 Å². The second-order valence-electron chi connectivity index (χ2n) is 2.99. The molecule has 0 unspecified atom stereocenters. The average molecular weight is 220 g/mol. The van der Waals surface area contributed by atoms with E-state index in [9.17, 15) is 0 Å². The molecule has 4 nitrogen and oxygen atoms in total. The van der Waals surface area contributed by atoms with E-state index >= 15 is 0 Å². The van der Waals surface area contributed by atoms with Crippen LogP contribution in [0.3, 0.4) is 0 Å². The lowest BCUT2D eigenvalue weighted by atomic mass is 10.4. The van der Waals surface area contributed by atoms with Gasteiger partial charge in [0.25, 0.3) is 0 Å². The molecular weight excluding hydrogens is 192 g/mol. The number of nitrogens with two attached hydrogens (primary N) is 1. The lowest BCUT2D eigenvalue weighted by molar-refractivity contribution is -0.230. The first-order valence-electron chi connectivity index (χ1n) is 5.87. The molecule has 0 bridgehead atoms. The third-order valence-corrected chi connectivity index (χ3v) is 1.77. The molecular formula is C11H28N2O2. The van der Waals surface area contributed by atoms with Crippen molar-refractivity contribution in [1.29, 1.82) is 0 Å². The standard InChI is InChI=1S/C7H17NO2.C4H11N/c1-4-7(8,9-5-2)10-6-3;1-3-5-4-2/h4-6,8H2,1-3H3;5H,3-4H2,1-2H3. The highest BCUT2D eigenvalue weighted by molar-refractivity contribution is 4.55. The molecule has 0 aromatic rings. The lowest BCUT2D eigenvalue weighted by Gasteiger charge is -2.26. The normalized spacial score (nSPS) is 10.8. The first-order chi connectivity index (χ1) is 7.10. The van der Waals surface area contributed by atoms with Gasteiger partial charge in [0.2, 0.25) is 5.91 Å². The summed E-state index contributed by atoms with van der Waals surface area (Å²) in [4.78, 5) is 0. The number of hydrogen-bond acceptors (Lipinski definition) is 4. The lowest BCUT2D eigenvalue weighted by Crippen LogP contribution is -2.45. The molecule has 0 saturated heterocycles. The van der Waals surface area contributed by atoms with Crippen LogP contribution in [0.25, 0.3) is 0 Å². The Morgan fingerprint density at radius 1 is 0.933 bits per heavy atom. The molecule has 0 fully saturated rings. The predicted octanol–water partition coefficient (Wildman–Crippen LogP) is 1.70.